The Labute approximate surface area is 110 Å². The van der Waals surface area contributed by atoms with Crippen molar-refractivity contribution in [1.82, 2.24) is 4.90 Å². The Balaban J connectivity index is 1.96. The minimum absolute atomic E-state index is 0.0144. The van der Waals surface area contributed by atoms with Gasteiger partial charge in [-0.05, 0) is 25.4 Å². The molecular formula is C11H18N2O2S2. The van der Waals surface area contributed by atoms with Crippen LogP contribution in [0.2, 0.25) is 0 Å². The average molecular weight is 274 g/mol. The summed E-state index contributed by atoms with van der Waals surface area (Å²) in [6, 6.07) is 0.0144. The number of aliphatic hydroxyl groups excluding tert-OH is 1. The fraction of sp³-hybridized carbons (Fsp3) is 0.727. The average Bonchev–Trinajstić information content (AvgIpc) is 2.65. The number of fused-ring (bicyclic) bond motifs is 1. The summed E-state index contributed by atoms with van der Waals surface area (Å²) in [5.74, 6) is 0.781. The lowest BCUT2D eigenvalue weighted by atomic mass is 9.93. The second-order valence-electron chi connectivity index (χ2n) is 4.44. The number of nitrogens with two attached hydrogens (primary N) is 1. The van der Waals surface area contributed by atoms with Crippen molar-refractivity contribution in [2.24, 2.45) is 11.7 Å². The van der Waals surface area contributed by atoms with E-state index < -0.39 is 6.10 Å². The molecule has 17 heavy (non-hydrogen) atoms. The van der Waals surface area contributed by atoms with Crippen molar-refractivity contribution >= 4 is 29.4 Å². The third-order valence-electron chi connectivity index (χ3n) is 3.16. The van der Waals surface area contributed by atoms with Gasteiger partial charge in [-0.3, -0.25) is 4.79 Å². The van der Waals surface area contributed by atoms with Gasteiger partial charge < -0.3 is 15.7 Å². The summed E-state index contributed by atoms with van der Waals surface area (Å²) in [7, 11) is 0. The van der Waals surface area contributed by atoms with Crippen molar-refractivity contribution in [3.05, 3.63) is 11.1 Å². The molecule has 0 radical (unpaired) electrons. The summed E-state index contributed by atoms with van der Waals surface area (Å²) < 4.78 is 0. The number of aliphatic hydroxyl groups is 1. The molecule has 1 unspecified atom stereocenters. The van der Waals surface area contributed by atoms with Crippen LogP contribution in [-0.2, 0) is 4.79 Å². The minimum Gasteiger partial charge on any atom is -0.392 e. The summed E-state index contributed by atoms with van der Waals surface area (Å²) in [6.45, 7) is 1.67. The van der Waals surface area contributed by atoms with Crippen LogP contribution in [0.1, 0.15) is 13.3 Å². The van der Waals surface area contributed by atoms with Crippen LogP contribution in [0.25, 0.3) is 0 Å². The summed E-state index contributed by atoms with van der Waals surface area (Å²) in [5.41, 5.74) is 6.08. The first-order valence-corrected chi connectivity index (χ1v) is 7.96. The maximum absolute atomic E-state index is 11.7. The van der Waals surface area contributed by atoms with E-state index in [0.717, 1.165) is 17.1 Å². The van der Waals surface area contributed by atoms with Gasteiger partial charge in [0.1, 0.15) is 5.37 Å². The molecule has 2 aliphatic rings. The summed E-state index contributed by atoms with van der Waals surface area (Å²) in [5, 5.41) is 9.60. The number of nitrogens with zero attached hydrogens (tertiary/aromatic N) is 1. The zero-order chi connectivity index (χ0) is 12.6. The number of carbonyl (C=O) groups excluding carboxylic acids is 1. The smallest absolute Gasteiger partial charge is 0.236 e. The van der Waals surface area contributed by atoms with Gasteiger partial charge in [0.15, 0.2) is 0 Å². The van der Waals surface area contributed by atoms with E-state index in [2.05, 4.69) is 6.26 Å². The van der Waals surface area contributed by atoms with Gasteiger partial charge in [0.2, 0.25) is 5.91 Å². The van der Waals surface area contributed by atoms with E-state index in [4.69, 9.17) is 5.73 Å². The van der Waals surface area contributed by atoms with Gasteiger partial charge >= 0.3 is 0 Å². The molecule has 1 fully saturated rings. The van der Waals surface area contributed by atoms with Crippen molar-refractivity contribution in [2.45, 2.75) is 30.9 Å². The Morgan fingerprint density at radius 3 is 3.00 bits per heavy atom. The maximum atomic E-state index is 11.7. The van der Waals surface area contributed by atoms with Crippen molar-refractivity contribution in [1.29, 1.82) is 0 Å². The Hall–Kier alpha value is -0.170. The molecule has 1 saturated heterocycles. The van der Waals surface area contributed by atoms with Crippen molar-refractivity contribution in [3.8, 4) is 0 Å². The van der Waals surface area contributed by atoms with Gasteiger partial charge in [-0.2, -0.15) is 11.8 Å². The van der Waals surface area contributed by atoms with E-state index in [-0.39, 0.29) is 23.2 Å². The molecule has 6 heteroatoms. The molecule has 3 N–H and O–H groups in total. The minimum atomic E-state index is -0.577. The van der Waals surface area contributed by atoms with Crippen LogP contribution in [0.4, 0.5) is 0 Å². The first kappa shape index (κ1) is 13.3. The molecule has 2 rings (SSSR count). The SMILES string of the molecule is CSCC[C@@H](N)C1=CN2C(=O)[C@H](C(C)O)[C@H]2S1. The Morgan fingerprint density at radius 1 is 1.71 bits per heavy atom. The highest BCUT2D eigenvalue weighted by Crippen LogP contribution is 2.47. The largest absolute Gasteiger partial charge is 0.392 e. The van der Waals surface area contributed by atoms with E-state index in [1.165, 1.54) is 0 Å². The van der Waals surface area contributed by atoms with Gasteiger partial charge in [-0.25, -0.2) is 0 Å². The number of thioether (sulfide) groups is 2. The summed E-state index contributed by atoms with van der Waals surface area (Å²) in [6.07, 6.45) is 4.27. The molecule has 0 aromatic heterocycles. The van der Waals surface area contributed by atoms with Gasteiger partial charge in [0.25, 0.3) is 0 Å². The number of amides is 1. The van der Waals surface area contributed by atoms with Crippen LogP contribution in [0.5, 0.6) is 0 Å². The standard InChI is InChI=1S/C11H18N2O2S2/c1-6(14)9-10(15)13-5-8(17-11(9)13)7(12)3-4-16-2/h5-7,9,11,14H,3-4,12H2,1-2H3/t6?,7-,9+,11-/m1/s1. The van der Waals surface area contributed by atoms with Crippen LogP contribution >= 0.6 is 23.5 Å². The molecule has 96 valence electrons. The van der Waals surface area contributed by atoms with Crippen LogP contribution in [0.3, 0.4) is 0 Å². The van der Waals surface area contributed by atoms with Gasteiger partial charge in [0.05, 0.1) is 12.0 Å². The molecule has 0 aromatic carbocycles. The van der Waals surface area contributed by atoms with E-state index in [0.29, 0.717) is 0 Å². The quantitative estimate of drug-likeness (QED) is 0.727. The molecule has 0 spiro atoms. The lowest BCUT2D eigenvalue weighted by Gasteiger charge is -2.42. The molecule has 4 nitrogen and oxygen atoms in total. The number of hydrogen-bond donors (Lipinski definition) is 2. The predicted molar refractivity (Wildman–Crippen MR) is 72.5 cm³/mol. The number of carbonyl (C=O) groups is 1. The maximum Gasteiger partial charge on any atom is 0.236 e. The predicted octanol–water partition coefficient (Wildman–Crippen LogP) is 0.820. The zero-order valence-corrected chi connectivity index (χ0v) is 11.6. The number of hydrogen-bond acceptors (Lipinski definition) is 5. The Bertz CT molecular complexity index is 346. The molecule has 1 amide bonds. The molecule has 0 bridgehead atoms. The van der Waals surface area contributed by atoms with Crippen LogP contribution in [0, 0.1) is 5.92 Å². The fourth-order valence-electron chi connectivity index (χ4n) is 2.10. The number of β-lactam (4-membered cyclic amide) rings is 1. The van der Waals surface area contributed by atoms with Crippen LogP contribution in [-0.4, -0.2) is 45.4 Å². The topological polar surface area (TPSA) is 66.6 Å². The normalized spacial score (nSPS) is 30.7. The lowest BCUT2D eigenvalue weighted by Crippen LogP contribution is -2.58. The van der Waals surface area contributed by atoms with E-state index in [1.54, 1.807) is 35.3 Å². The molecular weight excluding hydrogens is 256 g/mol. The fourth-order valence-corrected chi connectivity index (χ4v) is 4.10. The van der Waals surface area contributed by atoms with E-state index in [9.17, 15) is 9.90 Å². The van der Waals surface area contributed by atoms with E-state index in [1.807, 2.05) is 6.20 Å². The third-order valence-corrected chi connectivity index (χ3v) is 5.25. The molecule has 0 saturated carbocycles. The van der Waals surface area contributed by atoms with Crippen molar-refractivity contribution in [3.63, 3.8) is 0 Å². The first-order chi connectivity index (χ1) is 8.06. The highest BCUT2D eigenvalue weighted by Gasteiger charge is 2.52. The lowest BCUT2D eigenvalue weighted by molar-refractivity contribution is -0.151. The van der Waals surface area contributed by atoms with Gasteiger partial charge in [-0.15, -0.1) is 11.8 Å². The van der Waals surface area contributed by atoms with Crippen molar-refractivity contribution in [2.75, 3.05) is 12.0 Å². The second kappa shape index (κ2) is 5.22. The van der Waals surface area contributed by atoms with Gasteiger partial charge in [-0.1, -0.05) is 0 Å². The first-order valence-electron chi connectivity index (χ1n) is 5.69. The monoisotopic (exact) mass is 274 g/mol. The molecule has 0 aliphatic carbocycles. The third kappa shape index (κ3) is 2.36. The Kier molecular flexibility index (Phi) is 4.07. The molecule has 4 atom stereocenters. The zero-order valence-electron chi connectivity index (χ0n) is 10.00. The molecule has 2 heterocycles. The highest BCUT2D eigenvalue weighted by molar-refractivity contribution is 8.04. The number of rotatable bonds is 5. The Morgan fingerprint density at radius 2 is 2.41 bits per heavy atom. The van der Waals surface area contributed by atoms with Crippen LogP contribution < -0.4 is 5.73 Å². The second-order valence-corrected chi connectivity index (χ2v) is 6.62. The summed E-state index contributed by atoms with van der Waals surface area (Å²) >= 11 is 3.41. The van der Waals surface area contributed by atoms with Crippen molar-refractivity contribution < 1.29 is 9.90 Å². The van der Waals surface area contributed by atoms with Crippen LogP contribution in [0.15, 0.2) is 11.1 Å². The molecule has 0 aromatic rings. The summed E-state index contributed by atoms with van der Waals surface area (Å²) in [4.78, 5) is 14.5. The van der Waals surface area contributed by atoms with Gasteiger partial charge in [0, 0.05) is 17.1 Å². The van der Waals surface area contributed by atoms with E-state index >= 15 is 0 Å². The molecule has 2 aliphatic heterocycles. The highest BCUT2D eigenvalue weighted by atomic mass is 32.2.